The summed E-state index contributed by atoms with van der Waals surface area (Å²) < 4.78 is 0. The number of hydrogen-bond donors (Lipinski definition) is 1. The lowest BCUT2D eigenvalue weighted by Crippen LogP contribution is -2.44. The first-order valence-electron chi connectivity index (χ1n) is 7.00. The van der Waals surface area contributed by atoms with Crippen molar-refractivity contribution in [3.63, 3.8) is 0 Å². The van der Waals surface area contributed by atoms with Crippen LogP contribution in [0.3, 0.4) is 0 Å². The summed E-state index contributed by atoms with van der Waals surface area (Å²) in [6, 6.07) is 0.623. The van der Waals surface area contributed by atoms with E-state index in [1.807, 2.05) is 0 Å². The van der Waals surface area contributed by atoms with Crippen molar-refractivity contribution in [2.24, 2.45) is 5.92 Å². The molecule has 1 atom stereocenters. The molecule has 1 heterocycles. The van der Waals surface area contributed by atoms with Crippen LogP contribution in [0, 0.1) is 5.92 Å². The first-order chi connectivity index (χ1) is 7.51. The molecule has 0 aromatic carbocycles. The number of rotatable bonds is 6. The molecule has 2 nitrogen and oxygen atoms in total. The largest absolute Gasteiger partial charge is 0.314 e. The molecule has 0 spiro atoms. The van der Waals surface area contributed by atoms with Gasteiger partial charge in [0.1, 0.15) is 0 Å². The van der Waals surface area contributed by atoms with Crippen LogP contribution in [0.1, 0.15) is 53.9 Å². The molecule has 0 bridgehead atoms. The quantitative estimate of drug-likeness (QED) is 0.749. The Balaban J connectivity index is 2.39. The van der Waals surface area contributed by atoms with Crippen molar-refractivity contribution in [3.8, 4) is 0 Å². The molecule has 1 saturated heterocycles. The van der Waals surface area contributed by atoms with Gasteiger partial charge in [-0.3, -0.25) is 4.90 Å². The lowest BCUT2D eigenvalue weighted by molar-refractivity contribution is 0.120. The van der Waals surface area contributed by atoms with E-state index in [4.69, 9.17) is 0 Å². The van der Waals surface area contributed by atoms with Gasteiger partial charge >= 0.3 is 0 Å². The zero-order valence-corrected chi connectivity index (χ0v) is 11.8. The van der Waals surface area contributed by atoms with Crippen molar-refractivity contribution in [2.75, 3.05) is 19.6 Å². The van der Waals surface area contributed by atoms with E-state index in [2.05, 4.69) is 44.8 Å². The second kappa shape index (κ2) is 6.02. The molecule has 0 radical (unpaired) electrons. The van der Waals surface area contributed by atoms with Gasteiger partial charge in [0.05, 0.1) is 0 Å². The van der Waals surface area contributed by atoms with Crippen molar-refractivity contribution in [1.82, 2.24) is 10.2 Å². The second-order valence-corrected chi connectivity index (χ2v) is 5.87. The summed E-state index contributed by atoms with van der Waals surface area (Å²) in [6.07, 6.45) is 3.91. The number of nitrogens with zero attached hydrogens (tertiary/aromatic N) is 1. The second-order valence-electron chi connectivity index (χ2n) is 5.87. The Bertz CT molecular complexity index is 197. The first kappa shape index (κ1) is 14.0. The molecule has 1 fully saturated rings. The average molecular weight is 226 g/mol. The third-order valence-corrected chi connectivity index (χ3v) is 4.39. The maximum atomic E-state index is 3.57. The topological polar surface area (TPSA) is 15.3 Å². The van der Waals surface area contributed by atoms with Crippen LogP contribution in [0.4, 0.5) is 0 Å². The highest BCUT2D eigenvalue weighted by molar-refractivity contribution is 4.89. The van der Waals surface area contributed by atoms with Crippen molar-refractivity contribution in [3.05, 3.63) is 0 Å². The molecule has 0 aliphatic carbocycles. The molecule has 1 rings (SSSR count). The monoisotopic (exact) mass is 226 g/mol. The number of hydrogen-bond acceptors (Lipinski definition) is 2. The minimum atomic E-state index is 0.437. The zero-order chi connectivity index (χ0) is 12.2. The third-order valence-electron chi connectivity index (χ3n) is 4.39. The van der Waals surface area contributed by atoms with E-state index in [9.17, 15) is 0 Å². The molecule has 16 heavy (non-hydrogen) atoms. The maximum absolute atomic E-state index is 3.57. The van der Waals surface area contributed by atoms with Crippen molar-refractivity contribution >= 4 is 0 Å². The molecular weight excluding hydrogens is 196 g/mol. The fourth-order valence-corrected chi connectivity index (χ4v) is 2.59. The fraction of sp³-hybridized carbons (Fsp3) is 1.00. The van der Waals surface area contributed by atoms with Gasteiger partial charge in [-0.05, 0) is 45.2 Å². The number of nitrogens with one attached hydrogen (secondary N) is 1. The molecule has 1 N–H and O–H groups in total. The summed E-state index contributed by atoms with van der Waals surface area (Å²) in [6.45, 7) is 15.3. The van der Waals surface area contributed by atoms with Crippen LogP contribution >= 0.6 is 0 Å². The lowest BCUT2D eigenvalue weighted by atomic mass is 9.93. The highest BCUT2D eigenvalue weighted by Gasteiger charge is 2.33. The van der Waals surface area contributed by atoms with Gasteiger partial charge in [0.15, 0.2) is 0 Å². The summed E-state index contributed by atoms with van der Waals surface area (Å²) in [4.78, 5) is 2.71. The van der Waals surface area contributed by atoms with Gasteiger partial charge in [-0.25, -0.2) is 0 Å². The molecule has 0 aromatic heterocycles. The summed E-state index contributed by atoms with van der Waals surface area (Å²) in [5.41, 5.74) is 0.437. The maximum Gasteiger partial charge on any atom is 0.0176 e. The lowest BCUT2D eigenvalue weighted by Gasteiger charge is -2.37. The van der Waals surface area contributed by atoms with Crippen LogP contribution in [-0.2, 0) is 0 Å². The van der Waals surface area contributed by atoms with E-state index in [1.165, 1.54) is 38.9 Å². The van der Waals surface area contributed by atoms with Crippen LogP contribution < -0.4 is 5.32 Å². The van der Waals surface area contributed by atoms with Crippen molar-refractivity contribution in [2.45, 2.75) is 65.5 Å². The Morgan fingerprint density at radius 3 is 2.44 bits per heavy atom. The normalized spacial score (nSPS) is 23.2. The van der Waals surface area contributed by atoms with Crippen LogP contribution in [0.25, 0.3) is 0 Å². The van der Waals surface area contributed by atoms with E-state index in [0.717, 1.165) is 5.92 Å². The standard InChI is InChI=1S/C14H30N2/c1-6-14(5,7-2)16-9-8-13(11-16)10-15-12(3)4/h12-13,15H,6-11H2,1-5H3. The molecular formula is C14H30N2. The van der Waals surface area contributed by atoms with Crippen LogP contribution in [0.15, 0.2) is 0 Å². The molecule has 1 aliphatic rings. The van der Waals surface area contributed by atoms with Gasteiger partial charge in [-0.15, -0.1) is 0 Å². The molecule has 0 saturated carbocycles. The third kappa shape index (κ3) is 3.46. The zero-order valence-electron chi connectivity index (χ0n) is 11.8. The van der Waals surface area contributed by atoms with Gasteiger partial charge < -0.3 is 5.32 Å². The van der Waals surface area contributed by atoms with E-state index in [1.54, 1.807) is 0 Å². The smallest absolute Gasteiger partial charge is 0.0176 e. The first-order valence-corrected chi connectivity index (χ1v) is 7.00. The highest BCUT2D eigenvalue weighted by atomic mass is 15.2. The predicted octanol–water partition coefficient (Wildman–Crippen LogP) is 2.89. The Morgan fingerprint density at radius 2 is 1.94 bits per heavy atom. The van der Waals surface area contributed by atoms with E-state index < -0.39 is 0 Å². The van der Waals surface area contributed by atoms with E-state index >= 15 is 0 Å². The van der Waals surface area contributed by atoms with E-state index in [0.29, 0.717) is 11.6 Å². The molecule has 1 unspecified atom stereocenters. The molecule has 96 valence electrons. The summed E-state index contributed by atoms with van der Waals surface area (Å²) in [5.74, 6) is 0.861. The number of likely N-dealkylation sites (tertiary alicyclic amines) is 1. The average Bonchev–Trinajstić information content (AvgIpc) is 2.74. The van der Waals surface area contributed by atoms with Crippen LogP contribution in [0.2, 0.25) is 0 Å². The highest BCUT2D eigenvalue weighted by Crippen LogP contribution is 2.29. The van der Waals surface area contributed by atoms with Crippen LogP contribution in [-0.4, -0.2) is 36.1 Å². The molecule has 1 aliphatic heterocycles. The van der Waals surface area contributed by atoms with Crippen molar-refractivity contribution < 1.29 is 0 Å². The Labute approximate surface area is 102 Å². The Hall–Kier alpha value is -0.0800. The predicted molar refractivity (Wildman–Crippen MR) is 71.8 cm³/mol. The molecule has 0 amide bonds. The van der Waals surface area contributed by atoms with Gasteiger partial charge in [-0.2, -0.15) is 0 Å². The van der Waals surface area contributed by atoms with Gasteiger partial charge in [0.25, 0.3) is 0 Å². The summed E-state index contributed by atoms with van der Waals surface area (Å²) >= 11 is 0. The van der Waals surface area contributed by atoms with Gasteiger partial charge in [-0.1, -0.05) is 27.7 Å². The molecule has 2 heteroatoms. The molecule has 0 aromatic rings. The van der Waals surface area contributed by atoms with Gasteiger partial charge in [0.2, 0.25) is 0 Å². The Morgan fingerprint density at radius 1 is 1.31 bits per heavy atom. The Kier molecular flexibility index (Phi) is 5.26. The van der Waals surface area contributed by atoms with Crippen LogP contribution in [0.5, 0.6) is 0 Å². The van der Waals surface area contributed by atoms with Gasteiger partial charge in [0, 0.05) is 18.1 Å². The van der Waals surface area contributed by atoms with E-state index in [-0.39, 0.29) is 0 Å². The summed E-state index contributed by atoms with van der Waals surface area (Å²) in [7, 11) is 0. The minimum absolute atomic E-state index is 0.437. The van der Waals surface area contributed by atoms with Crippen molar-refractivity contribution in [1.29, 1.82) is 0 Å². The minimum Gasteiger partial charge on any atom is -0.314 e. The summed E-state index contributed by atoms with van der Waals surface area (Å²) in [5, 5.41) is 3.57. The SMILES string of the molecule is CCC(C)(CC)N1CCC(CNC(C)C)C1. The fourth-order valence-electron chi connectivity index (χ4n) is 2.59.